The van der Waals surface area contributed by atoms with E-state index >= 15 is 0 Å². The van der Waals surface area contributed by atoms with E-state index in [1.807, 2.05) is 49.4 Å². The zero-order chi connectivity index (χ0) is 26.9. The fraction of sp³-hybridized carbons (Fsp3) is 0.161. The summed E-state index contributed by atoms with van der Waals surface area (Å²) in [6, 6.07) is 19.3. The summed E-state index contributed by atoms with van der Waals surface area (Å²) in [6.07, 6.45) is 0. The van der Waals surface area contributed by atoms with Crippen LogP contribution in [0, 0.1) is 12.7 Å². The number of aromatic amines is 1. The van der Waals surface area contributed by atoms with Crippen LogP contribution in [-0.2, 0) is 12.1 Å². The zero-order valence-electron chi connectivity index (χ0n) is 21.2. The lowest BCUT2D eigenvalue weighted by Gasteiger charge is -2.21. The van der Waals surface area contributed by atoms with E-state index in [1.165, 1.54) is 18.2 Å². The van der Waals surface area contributed by atoms with Crippen molar-refractivity contribution in [1.29, 1.82) is 0 Å². The maximum Gasteiger partial charge on any atom is 0.258 e. The highest BCUT2D eigenvalue weighted by atomic mass is 19.1. The highest BCUT2D eigenvalue weighted by Crippen LogP contribution is 2.41. The van der Waals surface area contributed by atoms with Gasteiger partial charge in [-0.25, -0.2) is 4.39 Å². The second-order valence-electron chi connectivity index (χ2n) is 10.4. The smallest absolute Gasteiger partial charge is 0.258 e. The quantitative estimate of drug-likeness (QED) is 0.281. The van der Waals surface area contributed by atoms with Crippen LogP contribution in [0.3, 0.4) is 0 Å². The van der Waals surface area contributed by atoms with Crippen LogP contribution in [0.2, 0.25) is 0 Å². The number of H-pyrrole nitrogens is 1. The molecule has 2 heterocycles. The van der Waals surface area contributed by atoms with Crippen molar-refractivity contribution in [3.05, 3.63) is 100 Å². The van der Waals surface area contributed by atoms with Crippen molar-refractivity contribution in [1.82, 2.24) is 4.98 Å². The molecule has 6 rings (SSSR count). The molecule has 0 spiro atoms. The lowest BCUT2D eigenvalue weighted by molar-refractivity contribution is 0.0787. The fourth-order valence-corrected chi connectivity index (χ4v) is 5.51. The van der Waals surface area contributed by atoms with Gasteiger partial charge in [-0.1, -0.05) is 30.3 Å². The Bertz CT molecular complexity index is 1810. The molecule has 4 N–H and O–H groups in total. The van der Waals surface area contributed by atoms with E-state index in [0.717, 1.165) is 44.2 Å². The number of benzene rings is 4. The molecule has 2 amide bonds. The minimum Gasteiger partial charge on any atom is -0.386 e. The van der Waals surface area contributed by atoms with Crippen LogP contribution >= 0.6 is 0 Å². The molecule has 0 saturated heterocycles. The summed E-state index contributed by atoms with van der Waals surface area (Å²) in [6.45, 7) is 5.69. The van der Waals surface area contributed by atoms with Crippen LogP contribution in [0.25, 0.3) is 32.9 Å². The molecule has 0 aliphatic carbocycles. The first-order chi connectivity index (χ1) is 18.0. The molecule has 0 atom stereocenters. The molecule has 1 aliphatic rings. The molecule has 0 fully saturated rings. The normalized spacial score (nSPS) is 13.5. The highest BCUT2D eigenvalue weighted by molar-refractivity contribution is 6.20. The number of hydrogen-bond donors (Lipinski definition) is 3. The van der Waals surface area contributed by atoms with Crippen LogP contribution in [0.5, 0.6) is 0 Å². The number of fused-ring (bicyclic) bond motifs is 4. The van der Waals surface area contributed by atoms with Crippen molar-refractivity contribution >= 4 is 39.3 Å². The summed E-state index contributed by atoms with van der Waals surface area (Å²) >= 11 is 0. The Kier molecular flexibility index (Phi) is 5.19. The van der Waals surface area contributed by atoms with E-state index in [4.69, 9.17) is 5.73 Å². The fourth-order valence-electron chi connectivity index (χ4n) is 5.51. The molecule has 0 unspecified atom stereocenters. The second-order valence-corrected chi connectivity index (χ2v) is 10.4. The first-order valence-corrected chi connectivity index (χ1v) is 12.4. The number of aromatic nitrogens is 1. The lowest BCUT2D eigenvalue weighted by atomic mass is 9.92. The Balaban J connectivity index is 1.56. The third-order valence-electron chi connectivity index (χ3n) is 7.48. The van der Waals surface area contributed by atoms with Crippen molar-refractivity contribution < 1.29 is 19.1 Å². The first kappa shape index (κ1) is 23.9. The molecule has 7 heteroatoms. The zero-order valence-corrected chi connectivity index (χ0v) is 21.2. The molecule has 190 valence electrons. The number of anilines is 1. The van der Waals surface area contributed by atoms with Crippen LogP contribution < -0.4 is 10.6 Å². The van der Waals surface area contributed by atoms with Gasteiger partial charge in [0.1, 0.15) is 5.82 Å². The number of halogens is 1. The number of amides is 2. The van der Waals surface area contributed by atoms with Crippen LogP contribution in [0.4, 0.5) is 10.1 Å². The summed E-state index contributed by atoms with van der Waals surface area (Å²) in [7, 11) is 0. The molecule has 0 saturated carbocycles. The number of carbonyl (C=O) groups is 2. The maximum absolute atomic E-state index is 13.8. The van der Waals surface area contributed by atoms with Gasteiger partial charge < -0.3 is 20.7 Å². The third-order valence-corrected chi connectivity index (χ3v) is 7.48. The standard InChI is InChI=1S/C31H26FN3O3/c1-16-20(5-4-6-26(16)35-15-17-13-19(32)8-10-21(17)30(35)37)22-11-12-24(29(33)36)28-27(22)23-9-7-18(31(2,3)38)14-25(23)34-28/h4-14,34,38H,15H2,1-3H3,(H2,33,36). The van der Waals surface area contributed by atoms with E-state index in [9.17, 15) is 19.1 Å². The Morgan fingerprint density at radius 2 is 1.79 bits per heavy atom. The van der Waals surface area contributed by atoms with Crippen molar-refractivity contribution in [2.24, 2.45) is 5.73 Å². The minimum atomic E-state index is -1.03. The Labute approximate surface area is 218 Å². The van der Waals surface area contributed by atoms with Crippen LogP contribution in [0.15, 0.2) is 66.7 Å². The number of rotatable bonds is 4. The van der Waals surface area contributed by atoms with E-state index in [0.29, 0.717) is 28.8 Å². The van der Waals surface area contributed by atoms with E-state index in [1.54, 1.807) is 24.8 Å². The van der Waals surface area contributed by atoms with Gasteiger partial charge in [0.25, 0.3) is 11.8 Å². The molecule has 1 aliphatic heterocycles. The molecular formula is C31H26FN3O3. The van der Waals surface area contributed by atoms with Gasteiger partial charge in [-0.15, -0.1) is 0 Å². The second kappa shape index (κ2) is 8.26. The van der Waals surface area contributed by atoms with E-state index in [2.05, 4.69) is 4.98 Å². The SMILES string of the molecule is Cc1c(-c2ccc(C(N)=O)c3[nH]c4cc(C(C)(C)O)ccc4c23)cccc1N1Cc2cc(F)ccc2C1=O. The number of aliphatic hydroxyl groups is 1. The summed E-state index contributed by atoms with van der Waals surface area (Å²) in [5.74, 6) is -1.08. The molecule has 38 heavy (non-hydrogen) atoms. The predicted molar refractivity (Wildman–Crippen MR) is 147 cm³/mol. The minimum absolute atomic E-state index is 0.166. The third kappa shape index (κ3) is 3.58. The van der Waals surface area contributed by atoms with Crippen molar-refractivity contribution in [3.63, 3.8) is 0 Å². The summed E-state index contributed by atoms with van der Waals surface area (Å²) in [4.78, 5) is 30.6. The van der Waals surface area contributed by atoms with Gasteiger partial charge >= 0.3 is 0 Å². The van der Waals surface area contributed by atoms with Gasteiger partial charge in [0.05, 0.1) is 23.2 Å². The number of nitrogens with two attached hydrogens (primary N) is 1. The molecule has 4 aromatic carbocycles. The molecule has 0 radical (unpaired) electrons. The molecule has 5 aromatic rings. The monoisotopic (exact) mass is 507 g/mol. The van der Waals surface area contributed by atoms with Gasteiger partial charge in [-0.3, -0.25) is 9.59 Å². The molecule has 1 aromatic heterocycles. The number of hydrogen-bond acceptors (Lipinski definition) is 3. The number of nitrogens with zero attached hydrogens (tertiary/aromatic N) is 1. The summed E-state index contributed by atoms with van der Waals surface area (Å²) in [5, 5.41) is 12.2. The largest absolute Gasteiger partial charge is 0.386 e. The first-order valence-electron chi connectivity index (χ1n) is 12.4. The molecule has 0 bridgehead atoms. The topological polar surface area (TPSA) is 99.4 Å². The number of carbonyl (C=O) groups excluding carboxylic acids is 2. The molecule has 6 nitrogen and oxygen atoms in total. The van der Waals surface area contributed by atoms with Crippen LogP contribution in [-0.4, -0.2) is 21.9 Å². The van der Waals surface area contributed by atoms with Crippen LogP contribution in [0.1, 0.15) is 51.3 Å². The average molecular weight is 508 g/mol. The van der Waals surface area contributed by atoms with Crippen molar-refractivity contribution in [3.8, 4) is 11.1 Å². The van der Waals surface area contributed by atoms with Gasteiger partial charge in [-0.05, 0) is 85.0 Å². The molecular weight excluding hydrogens is 481 g/mol. The Morgan fingerprint density at radius 3 is 2.53 bits per heavy atom. The van der Waals surface area contributed by atoms with Gasteiger partial charge in [0.15, 0.2) is 0 Å². The Morgan fingerprint density at radius 1 is 1.03 bits per heavy atom. The van der Waals surface area contributed by atoms with E-state index in [-0.39, 0.29) is 11.7 Å². The Hall–Kier alpha value is -4.49. The van der Waals surface area contributed by atoms with Gasteiger partial charge in [0.2, 0.25) is 0 Å². The van der Waals surface area contributed by atoms with Gasteiger partial charge in [-0.2, -0.15) is 0 Å². The average Bonchev–Trinajstić information content (AvgIpc) is 3.40. The van der Waals surface area contributed by atoms with Crippen molar-refractivity contribution in [2.75, 3.05) is 4.90 Å². The van der Waals surface area contributed by atoms with E-state index < -0.39 is 11.5 Å². The summed E-state index contributed by atoms with van der Waals surface area (Å²) in [5.41, 5.74) is 11.7. The maximum atomic E-state index is 13.8. The highest BCUT2D eigenvalue weighted by Gasteiger charge is 2.30. The predicted octanol–water partition coefficient (Wildman–Crippen LogP) is 5.92. The number of nitrogens with one attached hydrogen (secondary N) is 1. The number of primary amides is 1. The van der Waals surface area contributed by atoms with Crippen molar-refractivity contribution in [2.45, 2.75) is 32.9 Å². The van der Waals surface area contributed by atoms with Gasteiger partial charge in [0, 0.05) is 27.5 Å². The summed E-state index contributed by atoms with van der Waals surface area (Å²) < 4.78 is 13.8. The lowest BCUT2D eigenvalue weighted by Crippen LogP contribution is -2.24.